The predicted molar refractivity (Wildman–Crippen MR) is 108 cm³/mol. The molecule has 0 spiro atoms. The molecule has 0 aliphatic rings. The first kappa shape index (κ1) is 18.9. The fourth-order valence-electron chi connectivity index (χ4n) is 2.89. The number of carbonyl (C=O) groups excluding carboxylic acids is 1. The van der Waals surface area contributed by atoms with E-state index in [4.69, 9.17) is 5.73 Å². The molecule has 27 heavy (non-hydrogen) atoms. The lowest BCUT2D eigenvalue weighted by Gasteiger charge is -2.14. The minimum absolute atomic E-state index is 0.163. The summed E-state index contributed by atoms with van der Waals surface area (Å²) in [5.74, 6) is 0.325. The lowest BCUT2D eigenvalue weighted by atomic mass is 9.99. The summed E-state index contributed by atoms with van der Waals surface area (Å²) in [7, 11) is 0. The Kier molecular flexibility index (Phi) is 6.04. The Hall–Kier alpha value is -2.92. The van der Waals surface area contributed by atoms with Crippen LogP contribution in [0.1, 0.15) is 52.9 Å². The molecule has 0 fully saturated rings. The molecule has 1 aromatic heterocycles. The van der Waals surface area contributed by atoms with Crippen LogP contribution in [0.4, 0.5) is 0 Å². The van der Waals surface area contributed by atoms with E-state index >= 15 is 0 Å². The van der Waals surface area contributed by atoms with E-state index < -0.39 is 0 Å². The molecule has 3 aromatic rings. The van der Waals surface area contributed by atoms with Crippen molar-refractivity contribution in [2.75, 3.05) is 6.54 Å². The van der Waals surface area contributed by atoms with E-state index in [1.165, 1.54) is 5.56 Å². The van der Waals surface area contributed by atoms with Crippen molar-refractivity contribution in [3.8, 4) is 0 Å². The highest BCUT2D eigenvalue weighted by atomic mass is 16.1. The van der Waals surface area contributed by atoms with Crippen LogP contribution in [0.5, 0.6) is 0 Å². The summed E-state index contributed by atoms with van der Waals surface area (Å²) in [5, 5.41) is 7.16. The summed E-state index contributed by atoms with van der Waals surface area (Å²) in [4.78, 5) is 12.4. The van der Waals surface area contributed by atoms with Crippen LogP contribution in [0, 0.1) is 0 Å². The van der Waals surface area contributed by atoms with Gasteiger partial charge in [-0.1, -0.05) is 68.4 Å². The van der Waals surface area contributed by atoms with Gasteiger partial charge in [-0.3, -0.25) is 9.48 Å². The molecule has 1 atom stereocenters. The van der Waals surface area contributed by atoms with Crippen molar-refractivity contribution in [2.45, 2.75) is 32.4 Å². The van der Waals surface area contributed by atoms with Crippen molar-refractivity contribution in [1.29, 1.82) is 0 Å². The van der Waals surface area contributed by atoms with Crippen molar-refractivity contribution in [3.05, 3.63) is 89.2 Å². The zero-order chi connectivity index (χ0) is 19.2. The highest BCUT2D eigenvalue weighted by Crippen LogP contribution is 2.17. The molecule has 1 amide bonds. The Morgan fingerprint density at radius 1 is 1.07 bits per heavy atom. The molecule has 3 rings (SSSR count). The quantitative estimate of drug-likeness (QED) is 0.676. The fourth-order valence-corrected chi connectivity index (χ4v) is 2.89. The fraction of sp³-hybridized carbons (Fsp3) is 0.273. The van der Waals surface area contributed by atoms with Gasteiger partial charge in [0.2, 0.25) is 0 Å². The van der Waals surface area contributed by atoms with Crippen LogP contribution in [0.25, 0.3) is 0 Å². The van der Waals surface area contributed by atoms with Crippen LogP contribution in [0.3, 0.4) is 0 Å². The van der Waals surface area contributed by atoms with Crippen LogP contribution in [-0.2, 0) is 6.54 Å². The first-order valence-corrected chi connectivity index (χ1v) is 9.23. The lowest BCUT2D eigenvalue weighted by Crippen LogP contribution is -2.31. The number of nitrogens with zero attached hydrogens (tertiary/aromatic N) is 2. The van der Waals surface area contributed by atoms with Crippen LogP contribution in [0.15, 0.2) is 67.0 Å². The molecule has 0 aliphatic heterocycles. The van der Waals surface area contributed by atoms with Crippen LogP contribution < -0.4 is 11.1 Å². The van der Waals surface area contributed by atoms with Gasteiger partial charge >= 0.3 is 0 Å². The molecule has 0 aliphatic carbocycles. The molecule has 0 saturated carbocycles. The summed E-state index contributed by atoms with van der Waals surface area (Å²) in [6.45, 7) is 5.33. The van der Waals surface area contributed by atoms with E-state index in [-0.39, 0.29) is 11.9 Å². The minimum atomic E-state index is -0.241. The van der Waals surface area contributed by atoms with E-state index in [1.54, 1.807) is 17.1 Å². The number of hydrogen-bond acceptors (Lipinski definition) is 3. The molecule has 0 radical (unpaired) electrons. The first-order valence-electron chi connectivity index (χ1n) is 9.23. The van der Waals surface area contributed by atoms with E-state index in [0.717, 1.165) is 11.1 Å². The zero-order valence-electron chi connectivity index (χ0n) is 15.8. The maximum Gasteiger partial charge on any atom is 0.254 e. The van der Waals surface area contributed by atoms with Gasteiger partial charge in [0.25, 0.3) is 5.91 Å². The third-order valence-electron chi connectivity index (χ3n) is 4.60. The smallest absolute Gasteiger partial charge is 0.254 e. The molecule has 140 valence electrons. The highest BCUT2D eigenvalue weighted by Gasteiger charge is 2.12. The van der Waals surface area contributed by atoms with Crippen LogP contribution in [0.2, 0.25) is 0 Å². The van der Waals surface area contributed by atoms with Crippen molar-refractivity contribution < 1.29 is 4.79 Å². The maximum atomic E-state index is 12.4. The van der Waals surface area contributed by atoms with Gasteiger partial charge in [-0.15, -0.1) is 0 Å². The molecule has 0 saturated heterocycles. The van der Waals surface area contributed by atoms with Crippen LogP contribution >= 0.6 is 0 Å². The summed E-state index contributed by atoms with van der Waals surface area (Å²) < 4.78 is 1.76. The number of amides is 1. The number of nitrogens with one attached hydrogen (secondary N) is 1. The first-order chi connectivity index (χ1) is 13.0. The molecule has 1 heterocycles. The highest BCUT2D eigenvalue weighted by molar-refractivity contribution is 5.93. The summed E-state index contributed by atoms with van der Waals surface area (Å²) >= 11 is 0. The van der Waals surface area contributed by atoms with Crippen molar-refractivity contribution >= 4 is 5.91 Å². The topological polar surface area (TPSA) is 72.9 Å². The van der Waals surface area contributed by atoms with Gasteiger partial charge in [0.05, 0.1) is 18.3 Å². The third kappa shape index (κ3) is 5.05. The zero-order valence-corrected chi connectivity index (χ0v) is 15.8. The second-order valence-corrected chi connectivity index (χ2v) is 7.05. The van der Waals surface area contributed by atoms with E-state index in [2.05, 4.69) is 36.4 Å². The Balaban J connectivity index is 1.54. The summed E-state index contributed by atoms with van der Waals surface area (Å²) in [5.41, 5.74) is 10.2. The predicted octanol–water partition coefficient (Wildman–Crippen LogP) is 3.48. The second-order valence-electron chi connectivity index (χ2n) is 7.05. The Morgan fingerprint density at radius 3 is 2.41 bits per heavy atom. The standard InChI is InChI=1S/C22H26N4O/c1-16(2)18-8-10-19(11-9-18)21(23)13-24-22(27)20-12-25-26(15-20)14-17-6-4-3-5-7-17/h3-12,15-16,21H,13-14,23H2,1-2H3,(H,24,27). The number of hydrogen-bond donors (Lipinski definition) is 2. The monoisotopic (exact) mass is 362 g/mol. The molecule has 1 unspecified atom stereocenters. The van der Waals surface area contributed by atoms with E-state index in [1.807, 2.05) is 42.5 Å². The van der Waals surface area contributed by atoms with Gasteiger partial charge < -0.3 is 11.1 Å². The van der Waals surface area contributed by atoms with Crippen molar-refractivity contribution in [3.63, 3.8) is 0 Å². The molecular weight excluding hydrogens is 336 g/mol. The Labute approximate surface area is 160 Å². The summed E-state index contributed by atoms with van der Waals surface area (Å²) in [6.07, 6.45) is 3.34. The van der Waals surface area contributed by atoms with Gasteiger partial charge in [-0.2, -0.15) is 5.10 Å². The Bertz CT molecular complexity index is 869. The number of aromatic nitrogens is 2. The molecular formula is C22H26N4O. The normalized spacial score (nSPS) is 12.1. The average molecular weight is 362 g/mol. The number of carbonyl (C=O) groups is 1. The third-order valence-corrected chi connectivity index (χ3v) is 4.60. The second kappa shape index (κ2) is 8.64. The molecule has 5 heteroatoms. The number of rotatable bonds is 7. The maximum absolute atomic E-state index is 12.4. The van der Waals surface area contributed by atoms with Crippen LogP contribution in [-0.4, -0.2) is 22.2 Å². The number of benzene rings is 2. The Morgan fingerprint density at radius 2 is 1.74 bits per heavy atom. The van der Waals surface area contributed by atoms with Crippen molar-refractivity contribution in [2.24, 2.45) is 5.73 Å². The molecule has 5 nitrogen and oxygen atoms in total. The van der Waals surface area contributed by atoms with Gasteiger partial charge in [0, 0.05) is 18.8 Å². The van der Waals surface area contributed by atoms with E-state index in [9.17, 15) is 4.79 Å². The molecule has 0 bridgehead atoms. The minimum Gasteiger partial charge on any atom is -0.350 e. The molecule has 2 aromatic carbocycles. The van der Waals surface area contributed by atoms with Gasteiger partial charge in [-0.25, -0.2) is 0 Å². The SMILES string of the molecule is CC(C)c1ccc(C(N)CNC(=O)c2cnn(Cc3ccccc3)c2)cc1. The lowest BCUT2D eigenvalue weighted by molar-refractivity contribution is 0.0951. The van der Waals surface area contributed by atoms with Crippen molar-refractivity contribution in [1.82, 2.24) is 15.1 Å². The number of nitrogens with two attached hydrogens (primary N) is 1. The van der Waals surface area contributed by atoms with Gasteiger partial charge in [0.15, 0.2) is 0 Å². The van der Waals surface area contributed by atoms with E-state index in [0.29, 0.717) is 24.6 Å². The molecule has 3 N–H and O–H groups in total. The van der Waals surface area contributed by atoms with Gasteiger partial charge in [-0.05, 0) is 22.6 Å². The average Bonchev–Trinajstić information content (AvgIpc) is 3.15. The van der Waals surface area contributed by atoms with Gasteiger partial charge in [0.1, 0.15) is 0 Å². The summed E-state index contributed by atoms with van der Waals surface area (Å²) in [6, 6.07) is 18.0. The largest absolute Gasteiger partial charge is 0.350 e.